The maximum absolute atomic E-state index is 12.4. The fourth-order valence-corrected chi connectivity index (χ4v) is 2.94. The number of para-hydroxylation sites is 1. The first kappa shape index (κ1) is 24.4. The van der Waals surface area contributed by atoms with Crippen LogP contribution in [0, 0.1) is 5.92 Å². The summed E-state index contributed by atoms with van der Waals surface area (Å²) in [6.45, 7) is 12.1. The lowest BCUT2D eigenvalue weighted by molar-refractivity contribution is 0.0662. The molecular weight excluding hydrogens is 352 g/mol. The highest BCUT2D eigenvalue weighted by molar-refractivity contribution is 5.96. The Kier molecular flexibility index (Phi) is 12.6. The number of hydrogen-bond acceptors (Lipinski definition) is 4. The number of aliphatic hydroxyl groups excluding tert-OH is 1. The molecule has 5 heteroatoms. The van der Waals surface area contributed by atoms with Crippen LogP contribution in [-0.4, -0.2) is 54.8 Å². The molecule has 2 N–H and O–H groups in total. The highest BCUT2D eigenvalue weighted by Gasteiger charge is 2.15. The Hall–Kier alpha value is -1.59. The van der Waals surface area contributed by atoms with Gasteiger partial charge in [-0.1, -0.05) is 52.7 Å². The number of hydrogen-bond donors (Lipinski definition) is 2. The van der Waals surface area contributed by atoms with Gasteiger partial charge in [0.2, 0.25) is 0 Å². The summed E-state index contributed by atoms with van der Waals surface area (Å²) < 4.78 is 5.82. The molecule has 0 aliphatic heterocycles. The van der Waals surface area contributed by atoms with Crippen LogP contribution in [0.2, 0.25) is 0 Å². The molecule has 0 aliphatic rings. The Bertz CT molecular complexity index is 540. The number of nitrogens with one attached hydrogen (secondary N) is 1. The summed E-state index contributed by atoms with van der Waals surface area (Å²) >= 11 is 0. The van der Waals surface area contributed by atoms with Gasteiger partial charge in [-0.15, -0.1) is 0 Å². The highest BCUT2D eigenvalue weighted by atomic mass is 16.5. The molecule has 0 aromatic heterocycles. The number of nitrogens with zero attached hydrogens (tertiary/aromatic N) is 1. The summed E-state index contributed by atoms with van der Waals surface area (Å²) in [6.07, 6.45) is 4.93. The van der Waals surface area contributed by atoms with Crippen molar-refractivity contribution in [1.29, 1.82) is 0 Å². The van der Waals surface area contributed by atoms with E-state index in [1.54, 1.807) is 12.1 Å². The van der Waals surface area contributed by atoms with Crippen LogP contribution in [0.25, 0.3) is 0 Å². The van der Waals surface area contributed by atoms with Gasteiger partial charge in [-0.25, -0.2) is 0 Å². The van der Waals surface area contributed by atoms with Crippen LogP contribution >= 0.6 is 0 Å². The van der Waals surface area contributed by atoms with Gasteiger partial charge in [0.15, 0.2) is 0 Å². The monoisotopic (exact) mass is 392 g/mol. The fraction of sp³-hybridized carbons (Fsp3) is 0.696. The van der Waals surface area contributed by atoms with Crippen LogP contribution in [0.3, 0.4) is 0 Å². The molecule has 0 saturated carbocycles. The Balaban J connectivity index is 2.57. The summed E-state index contributed by atoms with van der Waals surface area (Å²) in [5, 5.41) is 13.4. The summed E-state index contributed by atoms with van der Waals surface area (Å²) in [5.41, 5.74) is 0.521. The number of amides is 1. The molecule has 1 unspecified atom stereocenters. The van der Waals surface area contributed by atoms with Gasteiger partial charge in [0.1, 0.15) is 18.5 Å². The van der Waals surface area contributed by atoms with Crippen LogP contribution < -0.4 is 10.1 Å². The standard InChI is InChI=1S/C23H40N2O3/c1-5-7-15-25(16-8-6-2)17-20(26)18-28-22-12-10-9-11-21(22)23(27)24-14-13-19(3)4/h9-12,19-20,26H,5-8,13-18H2,1-4H3,(H,24,27). The largest absolute Gasteiger partial charge is 0.490 e. The number of unbranched alkanes of at least 4 members (excludes halogenated alkanes) is 2. The van der Waals surface area contributed by atoms with Crippen molar-refractivity contribution in [2.75, 3.05) is 32.8 Å². The molecule has 160 valence electrons. The van der Waals surface area contributed by atoms with Crippen LogP contribution in [0.5, 0.6) is 5.75 Å². The van der Waals surface area contributed by atoms with Crippen molar-refractivity contribution >= 4 is 5.91 Å². The van der Waals surface area contributed by atoms with Crippen molar-refractivity contribution in [3.63, 3.8) is 0 Å². The van der Waals surface area contributed by atoms with E-state index in [1.807, 2.05) is 12.1 Å². The molecule has 1 amide bonds. The van der Waals surface area contributed by atoms with Crippen molar-refractivity contribution in [1.82, 2.24) is 10.2 Å². The molecule has 0 heterocycles. The van der Waals surface area contributed by atoms with Crippen LogP contribution in [0.1, 0.15) is 70.2 Å². The van der Waals surface area contributed by atoms with Gasteiger partial charge in [0.05, 0.1) is 5.56 Å². The molecule has 0 saturated heterocycles. The topological polar surface area (TPSA) is 61.8 Å². The first-order valence-corrected chi connectivity index (χ1v) is 10.9. The summed E-state index contributed by atoms with van der Waals surface area (Å²) in [5.74, 6) is 0.945. The average Bonchev–Trinajstić information content (AvgIpc) is 2.68. The number of ether oxygens (including phenoxy) is 1. The molecule has 28 heavy (non-hydrogen) atoms. The lowest BCUT2D eigenvalue weighted by atomic mass is 10.1. The molecule has 0 aliphatic carbocycles. The minimum Gasteiger partial charge on any atom is -0.490 e. The van der Waals surface area contributed by atoms with E-state index in [2.05, 4.69) is 37.9 Å². The Morgan fingerprint density at radius 3 is 2.39 bits per heavy atom. The second-order valence-electron chi connectivity index (χ2n) is 7.91. The number of benzene rings is 1. The number of carbonyl (C=O) groups is 1. The van der Waals surface area contributed by atoms with Crippen molar-refractivity contribution in [2.45, 2.75) is 65.9 Å². The van der Waals surface area contributed by atoms with Crippen LogP contribution in [0.15, 0.2) is 24.3 Å². The molecule has 0 fully saturated rings. The maximum atomic E-state index is 12.4. The lowest BCUT2D eigenvalue weighted by Crippen LogP contribution is -2.37. The Morgan fingerprint density at radius 2 is 1.79 bits per heavy atom. The predicted molar refractivity (Wildman–Crippen MR) is 116 cm³/mol. The van der Waals surface area contributed by atoms with E-state index in [0.29, 0.717) is 30.3 Å². The molecule has 0 spiro atoms. The summed E-state index contributed by atoms with van der Waals surface area (Å²) in [4.78, 5) is 14.8. The van der Waals surface area contributed by atoms with Crippen molar-refractivity contribution in [3.05, 3.63) is 29.8 Å². The molecular formula is C23H40N2O3. The summed E-state index contributed by atoms with van der Waals surface area (Å²) in [7, 11) is 0. The van der Waals surface area contributed by atoms with Gasteiger partial charge in [0, 0.05) is 13.1 Å². The van der Waals surface area contributed by atoms with E-state index in [0.717, 1.165) is 45.2 Å². The Morgan fingerprint density at radius 1 is 1.14 bits per heavy atom. The zero-order valence-corrected chi connectivity index (χ0v) is 18.2. The van der Waals surface area contributed by atoms with E-state index in [9.17, 15) is 9.90 Å². The minimum atomic E-state index is -0.578. The van der Waals surface area contributed by atoms with Gasteiger partial charge >= 0.3 is 0 Å². The van der Waals surface area contributed by atoms with Gasteiger partial charge < -0.3 is 20.1 Å². The van der Waals surface area contributed by atoms with Gasteiger partial charge in [-0.2, -0.15) is 0 Å². The van der Waals surface area contributed by atoms with E-state index in [-0.39, 0.29) is 12.5 Å². The quantitative estimate of drug-likeness (QED) is 0.472. The molecule has 1 aromatic rings. The molecule has 0 bridgehead atoms. The third-order valence-electron chi connectivity index (χ3n) is 4.69. The molecule has 5 nitrogen and oxygen atoms in total. The van der Waals surface area contributed by atoms with Crippen molar-refractivity contribution in [3.8, 4) is 5.75 Å². The van der Waals surface area contributed by atoms with Gasteiger partial charge in [-0.3, -0.25) is 4.79 Å². The number of aliphatic hydroxyl groups is 1. The molecule has 0 radical (unpaired) electrons. The molecule has 1 aromatic carbocycles. The fourth-order valence-electron chi connectivity index (χ4n) is 2.94. The van der Waals surface area contributed by atoms with Crippen molar-refractivity contribution in [2.24, 2.45) is 5.92 Å². The highest BCUT2D eigenvalue weighted by Crippen LogP contribution is 2.18. The van der Waals surface area contributed by atoms with E-state index in [4.69, 9.17) is 4.74 Å². The van der Waals surface area contributed by atoms with Gasteiger partial charge in [0.25, 0.3) is 5.91 Å². The van der Waals surface area contributed by atoms with E-state index in [1.165, 1.54) is 0 Å². The van der Waals surface area contributed by atoms with Crippen LogP contribution in [0.4, 0.5) is 0 Å². The lowest BCUT2D eigenvalue weighted by Gasteiger charge is -2.25. The molecule has 1 rings (SSSR count). The normalized spacial score (nSPS) is 12.4. The number of carbonyl (C=O) groups excluding carboxylic acids is 1. The zero-order chi connectivity index (χ0) is 20.8. The third kappa shape index (κ3) is 10.1. The first-order valence-electron chi connectivity index (χ1n) is 10.9. The number of rotatable bonds is 15. The summed E-state index contributed by atoms with van der Waals surface area (Å²) in [6, 6.07) is 7.23. The zero-order valence-electron chi connectivity index (χ0n) is 18.2. The maximum Gasteiger partial charge on any atom is 0.255 e. The van der Waals surface area contributed by atoms with E-state index < -0.39 is 6.10 Å². The van der Waals surface area contributed by atoms with Crippen molar-refractivity contribution < 1.29 is 14.6 Å². The third-order valence-corrected chi connectivity index (χ3v) is 4.69. The average molecular weight is 393 g/mol. The SMILES string of the molecule is CCCCN(CCCC)CC(O)COc1ccccc1C(=O)NCCC(C)C. The first-order chi connectivity index (χ1) is 13.5. The van der Waals surface area contributed by atoms with E-state index >= 15 is 0 Å². The predicted octanol–water partition coefficient (Wildman–Crippen LogP) is 4.10. The second kappa shape index (κ2) is 14.4. The minimum absolute atomic E-state index is 0.127. The van der Waals surface area contributed by atoms with Crippen LogP contribution in [-0.2, 0) is 0 Å². The van der Waals surface area contributed by atoms with Gasteiger partial charge in [-0.05, 0) is 50.4 Å². The Labute approximate surface area is 171 Å². The second-order valence-corrected chi connectivity index (χ2v) is 7.91. The smallest absolute Gasteiger partial charge is 0.255 e. The molecule has 1 atom stereocenters.